The van der Waals surface area contributed by atoms with Gasteiger partial charge >= 0.3 is 0 Å². The summed E-state index contributed by atoms with van der Waals surface area (Å²) in [5, 5.41) is 8.76. The maximum Gasteiger partial charge on any atom is 0.225 e. The monoisotopic (exact) mass is 277 g/mol. The number of hydrogen-bond donors (Lipinski definition) is 3. The highest BCUT2D eigenvalue weighted by atomic mass is 16.2. The average Bonchev–Trinajstić information content (AvgIpc) is 2.32. The highest BCUT2D eigenvalue weighted by Gasteiger charge is 2.06. The van der Waals surface area contributed by atoms with Crippen LogP contribution in [-0.2, 0) is 9.59 Å². The number of nitrogens with one attached hydrogen (secondary N) is 3. The number of rotatable bonds is 6. The van der Waals surface area contributed by atoms with Gasteiger partial charge in [-0.1, -0.05) is 19.9 Å². The van der Waals surface area contributed by atoms with Crippen molar-refractivity contribution in [2.45, 2.75) is 40.2 Å². The number of carbonyl (C=O) groups excluding carboxylic acids is 2. The third kappa shape index (κ3) is 5.84. The molecule has 3 N–H and O–H groups in total. The molecule has 0 bridgehead atoms. The van der Waals surface area contributed by atoms with Gasteiger partial charge in [0.1, 0.15) is 0 Å². The molecule has 5 heteroatoms. The quantitative estimate of drug-likeness (QED) is 0.747. The van der Waals surface area contributed by atoms with Crippen LogP contribution in [0.25, 0.3) is 0 Å². The Hall–Kier alpha value is -1.88. The Kier molecular flexibility index (Phi) is 6.18. The molecule has 0 radical (unpaired) electrons. The van der Waals surface area contributed by atoms with E-state index in [9.17, 15) is 9.59 Å². The van der Waals surface area contributed by atoms with Crippen molar-refractivity contribution in [2.75, 3.05) is 17.2 Å². The Bertz CT molecular complexity index is 484. The van der Waals surface area contributed by atoms with E-state index in [0.29, 0.717) is 24.7 Å². The van der Waals surface area contributed by atoms with E-state index in [1.165, 1.54) is 6.92 Å². The van der Waals surface area contributed by atoms with E-state index < -0.39 is 0 Å². The summed E-state index contributed by atoms with van der Waals surface area (Å²) in [6, 6.07) is 5.82. The lowest BCUT2D eigenvalue weighted by Gasteiger charge is -2.12. The van der Waals surface area contributed by atoms with Crippen LogP contribution < -0.4 is 16.0 Å². The Morgan fingerprint density at radius 1 is 1.20 bits per heavy atom. The van der Waals surface area contributed by atoms with E-state index in [-0.39, 0.29) is 11.8 Å². The first-order valence-electron chi connectivity index (χ1n) is 6.80. The number of hydrogen-bond acceptors (Lipinski definition) is 3. The lowest BCUT2D eigenvalue weighted by Crippen LogP contribution is -2.27. The van der Waals surface area contributed by atoms with Crippen molar-refractivity contribution < 1.29 is 9.59 Å². The summed E-state index contributed by atoms with van der Waals surface area (Å²) < 4.78 is 0. The van der Waals surface area contributed by atoms with Crippen LogP contribution in [0.5, 0.6) is 0 Å². The minimum Gasteiger partial charge on any atom is -0.326 e. The number of aryl methyl sites for hydroxylation is 1. The third-order valence-electron chi connectivity index (χ3n) is 2.74. The van der Waals surface area contributed by atoms with Gasteiger partial charge in [0, 0.05) is 37.3 Å². The fraction of sp³-hybridized carbons (Fsp3) is 0.467. The molecule has 0 heterocycles. The zero-order chi connectivity index (χ0) is 15.1. The predicted molar refractivity (Wildman–Crippen MR) is 81.9 cm³/mol. The summed E-state index contributed by atoms with van der Waals surface area (Å²) in [5.74, 6) is -0.173. The molecule has 2 amide bonds. The Morgan fingerprint density at radius 3 is 2.50 bits per heavy atom. The molecule has 0 unspecified atom stereocenters. The third-order valence-corrected chi connectivity index (χ3v) is 2.74. The van der Waals surface area contributed by atoms with Gasteiger partial charge < -0.3 is 16.0 Å². The van der Waals surface area contributed by atoms with Crippen molar-refractivity contribution in [3.05, 3.63) is 23.8 Å². The Labute approximate surface area is 120 Å². The van der Waals surface area contributed by atoms with Crippen LogP contribution in [0.2, 0.25) is 0 Å². The molecule has 0 aliphatic rings. The second-order valence-corrected chi connectivity index (χ2v) is 5.12. The van der Waals surface area contributed by atoms with Gasteiger partial charge in [0.15, 0.2) is 0 Å². The molecule has 0 aliphatic heterocycles. The Balaban J connectivity index is 2.61. The summed E-state index contributed by atoms with van der Waals surface area (Å²) in [6.07, 6.45) is 0.419. The normalized spacial score (nSPS) is 10.4. The summed E-state index contributed by atoms with van der Waals surface area (Å²) in [4.78, 5) is 22.9. The lowest BCUT2D eigenvalue weighted by atomic mass is 10.1. The summed E-state index contributed by atoms with van der Waals surface area (Å²) >= 11 is 0. The van der Waals surface area contributed by atoms with Crippen molar-refractivity contribution in [1.29, 1.82) is 0 Å². The average molecular weight is 277 g/mol. The SMILES string of the molecule is CC(=O)Nc1ccc(C)c(NC(=O)CCNC(C)C)c1. The standard InChI is InChI=1S/C15H23N3O2/c1-10(2)16-8-7-15(20)18-14-9-13(17-12(4)19)6-5-11(14)3/h5-6,9-10,16H,7-8H2,1-4H3,(H,17,19)(H,18,20). The van der Waals surface area contributed by atoms with Crippen molar-refractivity contribution in [3.8, 4) is 0 Å². The van der Waals surface area contributed by atoms with Crippen LogP contribution in [0.4, 0.5) is 11.4 Å². The fourth-order valence-corrected chi connectivity index (χ4v) is 1.72. The van der Waals surface area contributed by atoms with Gasteiger partial charge in [-0.3, -0.25) is 9.59 Å². The molecule has 0 aliphatic carbocycles. The van der Waals surface area contributed by atoms with Crippen LogP contribution in [0.15, 0.2) is 18.2 Å². The van der Waals surface area contributed by atoms with Crippen LogP contribution in [-0.4, -0.2) is 24.4 Å². The number of amides is 2. The second-order valence-electron chi connectivity index (χ2n) is 5.12. The predicted octanol–water partition coefficient (Wildman–Crippen LogP) is 2.28. The molecule has 5 nitrogen and oxygen atoms in total. The van der Waals surface area contributed by atoms with E-state index in [1.54, 1.807) is 6.07 Å². The van der Waals surface area contributed by atoms with Crippen LogP contribution in [0.1, 0.15) is 32.8 Å². The van der Waals surface area contributed by atoms with Gasteiger partial charge in [-0.05, 0) is 24.6 Å². The number of benzene rings is 1. The maximum atomic E-state index is 11.8. The highest BCUT2D eigenvalue weighted by molar-refractivity contribution is 5.94. The van der Waals surface area contributed by atoms with Crippen LogP contribution in [0.3, 0.4) is 0 Å². The van der Waals surface area contributed by atoms with Crippen molar-refractivity contribution in [2.24, 2.45) is 0 Å². The largest absolute Gasteiger partial charge is 0.326 e. The van der Waals surface area contributed by atoms with E-state index >= 15 is 0 Å². The second kappa shape index (κ2) is 7.65. The molecule has 1 aromatic rings. The summed E-state index contributed by atoms with van der Waals surface area (Å²) in [5.41, 5.74) is 2.37. The first-order chi connectivity index (χ1) is 9.38. The van der Waals surface area contributed by atoms with E-state index in [4.69, 9.17) is 0 Å². The highest BCUT2D eigenvalue weighted by Crippen LogP contribution is 2.20. The molecule has 0 aromatic heterocycles. The van der Waals surface area contributed by atoms with Gasteiger partial charge in [-0.25, -0.2) is 0 Å². The molecule has 20 heavy (non-hydrogen) atoms. The maximum absolute atomic E-state index is 11.8. The van der Waals surface area contributed by atoms with Gasteiger partial charge in [0.25, 0.3) is 0 Å². The van der Waals surface area contributed by atoms with Crippen LogP contribution in [0, 0.1) is 6.92 Å². The Morgan fingerprint density at radius 2 is 1.90 bits per heavy atom. The van der Waals surface area contributed by atoms with Gasteiger partial charge in [0.2, 0.25) is 11.8 Å². The van der Waals surface area contributed by atoms with Crippen LogP contribution >= 0.6 is 0 Å². The molecular weight excluding hydrogens is 254 g/mol. The molecule has 0 saturated heterocycles. The van der Waals surface area contributed by atoms with Crippen molar-refractivity contribution in [1.82, 2.24) is 5.32 Å². The van der Waals surface area contributed by atoms with Crippen molar-refractivity contribution >= 4 is 23.2 Å². The van der Waals surface area contributed by atoms with Crippen molar-refractivity contribution in [3.63, 3.8) is 0 Å². The van der Waals surface area contributed by atoms with Gasteiger partial charge in [-0.2, -0.15) is 0 Å². The molecular formula is C15H23N3O2. The first-order valence-corrected chi connectivity index (χ1v) is 6.80. The topological polar surface area (TPSA) is 70.2 Å². The number of anilines is 2. The molecule has 0 fully saturated rings. The molecule has 1 aromatic carbocycles. The summed E-state index contributed by atoms with van der Waals surface area (Å²) in [6.45, 7) is 8.10. The minimum atomic E-state index is -0.132. The zero-order valence-corrected chi connectivity index (χ0v) is 12.5. The van der Waals surface area contributed by atoms with E-state index in [1.807, 2.05) is 32.9 Å². The molecule has 1 rings (SSSR count). The lowest BCUT2D eigenvalue weighted by molar-refractivity contribution is -0.116. The molecule has 0 spiro atoms. The van der Waals surface area contributed by atoms with E-state index in [0.717, 1.165) is 11.3 Å². The van der Waals surface area contributed by atoms with Gasteiger partial charge in [0.05, 0.1) is 0 Å². The van der Waals surface area contributed by atoms with E-state index in [2.05, 4.69) is 16.0 Å². The first kappa shape index (κ1) is 16.2. The minimum absolute atomic E-state index is 0.0405. The molecule has 110 valence electrons. The van der Waals surface area contributed by atoms with Gasteiger partial charge in [-0.15, -0.1) is 0 Å². The summed E-state index contributed by atoms with van der Waals surface area (Å²) in [7, 11) is 0. The zero-order valence-electron chi connectivity index (χ0n) is 12.5. The molecule has 0 saturated carbocycles. The number of carbonyl (C=O) groups is 2. The smallest absolute Gasteiger partial charge is 0.225 e. The fourth-order valence-electron chi connectivity index (χ4n) is 1.72. The molecule has 0 atom stereocenters.